The lowest BCUT2D eigenvalue weighted by molar-refractivity contribution is -0.159. The van der Waals surface area contributed by atoms with Crippen LogP contribution in [-0.2, 0) is 6.42 Å². The van der Waals surface area contributed by atoms with Crippen LogP contribution in [0.1, 0.15) is 56.1 Å². The number of halogens is 2. The Hall–Kier alpha value is -2.50. The molecule has 1 aromatic carbocycles. The number of benzene rings is 1. The van der Waals surface area contributed by atoms with E-state index in [1.165, 1.54) is 12.1 Å². The number of hydrogen-bond donors (Lipinski definition) is 0. The maximum atomic E-state index is 12.9. The molecule has 1 aromatic heterocycles. The second kappa shape index (κ2) is 10.2. The molecule has 0 aliphatic rings. The van der Waals surface area contributed by atoms with Gasteiger partial charge < -0.3 is 9.47 Å². The van der Waals surface area contributed by atoms with E-state index in [2.05, 4.69) is 23.6 Å². The fraction of sp³-hybridized carbons (Fsp3) is 0.455. The maximum Gasteiger partial charge on any atom is 0.394 e. The number of rotatable bonds is 11. The Balaban J connectivity index is 1.82. The normalized spacial score (nSPS) is 12.5. The van der Waals surface area contributed by atoms with Crippen molar-refractivity contribution < 1.29 is 23.0 Å². The van der Waals surface area contributed by atoms with Crippen LogP contribution in [0.3, 0.4) is 0 Å². The van der Waals surface area contributed by atoms with Crippen LogP contribution in [-0.4, -0.2) is 23.5 Å². The van der Waals surface area contributed by atoms with E-state index in [-0.39, 0.29) is 11.5 Å². The minimum absolute atomic E-state index is 0.0481. The van der Waals surface area contributed by atoms with Crippen molar-refractivity contribution in [3.63, 3.8) is 0 Å². The average Bonchev–Trinajstić information content (AvgIpc) is 2.65. The number of alkyl halides is 2. The van der Waals surface area contributed by atoms with Crippen molar-refractivity contribution in [3.8, 4) is 11.5 Å². The van der Waals surface area contributed by atoms with E-state index in [1.54, 1.807) is 24.4 Å². The van der Waals surface area contributed by atoms with Crippen LogP contribution >= 0.6 is 0 Å². The number of pyridine rings is 1. The lowest BCUT2D eigenvalue weighted by Gasteiger charge is -2.14. The number of nitrogens with zero attached hydrogens (tertiary/aromatic N) is 1. The summed E-state index contributed by atoms with van der Waals surface area (Å²) >= 11 is 0. The number of Topliss-reactive ketones (excluding diaryl/α,β-unsaturated/α-hetero) is 1. The molecule has 28 heavy (non-hydrogen) atoms. The quantitative estimate of drug-likeness (QED) is 0.461. The van der Waals surface area contributed by atoms with Gasteiger partial charge in [-0.05, 0) is 36.1 Å². The maximum absolute atomic E-state index is 12.9. The number of ketones is 1. The van der Waals surface area contributed by atoms with Gasteiger partial charge in [0, 0.05) is 32.0 Å². The second-order valence-electron chi connectivity index (χ2n) is 7.01. The van der Waals surface area contributed by atoms with Crippen molar-refractivity contribution >= 4 is 5.78 Å². The molecule has 0 aliphatic heterocycles. The molecule has 0 bridgehead atoms. The third-order valence-corrected chi connectivity index (χ3v) is 4.43. The Bertz CT molecular complexity index is 757. The van der Waals surface area contributed by atoms with Crippen LogP contribution in [0, 0.1) is 5.92 Å². The zero-order valence-corrected chi connectivity index (χ0v) is 16.6. The van der Waals surface area contributed by atoms with Crippen molar-refractivity contribution in [3.05, 3.63) is 53.9 Å². The number of aromatic nitrogens is 1. The van der Waals surface area contributed by atoms with Crippen molar-refractivity contribution in [1.82, 2.24) is 4.98 Å². The van der Waals surface area contributed by atoms with E-state index in [9.17, 15) is 13.6 Å². The fourth-order valence-corrected chi connectivity index (χ4v) is 2.57. The second-order valence-corrected chi connectivity index (χ2v) is 7.01. The van der Waals surface area contributed by atoms with Gasteiger partial charge in [-0.3, -0.25) is 9.78 Å². The highest BCUT2D eigenvalue weighted by atomic mass is 19.3. The molecule has 152 valence electrons. The first-order valence-electron chi connectivity index (χ1n) is 9.54. The van der Waals surface area contributed by atoms with E-state index in [0.717, 1.165) is 18.4 Å². The summed E-state index contributed by atoms with van der Waals surface area (Å²) in [5, 5.41) is 0. The molecule has 1 heterocycles. The summed E-state index contributed by atoms with van der Waals surface area (Å²) in [6.45, 7) is 5.30. The van der Waals surface area contributed by atoms with Gasteiger partial charge >= 0.3 is 6.11 Å². The van der Waals surface area contributed by atoms with E-state index in [0.29, 0.717) is 43.7 Å². The summed E-state index contributed by atoms with van der Waals surface area (Å²) in [6.07, 6.45) is 1.48. The number of carbonyl (C=O) groups is 1. The lowest BCUT2D eigenvalue weighted by Crippen LogP contribution is -2.19. The molecule has 0 saturated carbocycles. The monoisotopic (exact) mass is 391 g/mol. The van der Waals surface area contributed by atoms with E-state index in [1.807, 2.05) is 6.07 Å². The van der Waals surface area contributed by atoms with Gasteiger partial charge in [0.25, 0.3) is 0 Å². The number of ether oxygens (including phenoxy) is 2. The van der Waals surface area contributed by atoms with Crippen molar-refractivity contribution in [2.24, 2.45) is 5.92 Å². The fourth-order valence-electron chi connectivity index (χ4n) is 2.57. The van der Waals surface area contributed by atoms with Crippen LogP contribution < -0.4 is 9.47 Å². The summed E-state index contributed by atoms with van der Waals surface area (Å²) < 4.78 is 36.0. The highest BCUT2D eigenvalue weighted by Crippen LogP contribution is 2.25. The molecule has 0 amide bonds. The lowest BCUT2D eigenvalue weighted by atomic mass is 10.00. The van der Waals surface area contributed by atoms with Crippen LogP contribution in [0.4, 0.5) is 8.78 Å². The van der Waals surface area contributed by atoms with Crippen LogP contribution in [0.5, 0.6) is 11.5 Å². The summed E-state index contributed by atoms with van der Waals surface area (Å²) in [6, 6.07) is 9.76. The molecule has 0 radical (unpaired) electrons. The number of carbonyl (C=O) groups excluding carboxylic acids is 1. The molecule has 0 spiro atoms. The summed E-state index contributed by atoms with van der Waals surface area (Å²) in [7, 11) is 0. The first kappa shape index (κ1) is 21.8. The van der Waals surface area contributed by atoms with Crippen LogP contribution in [0.2, 0.25) is 0 Å². The van der Waals surface area contributed by atoms with Gasteiger partial charge in [-0.25, -0.2) is 0 Å². The van der Waals surface area contributed by atoms with Gasteiger partial charge in [0.1, 0.15) is 17.2 Å². The Morgan fingerprint density at radius 3 is 2.61 bits per heavy atom. The predicted octanol–water partition coefficient (Wildman–Crippen LogP) is 5.70. The molecule has 0 fully saturated rings. The predicted molar refractivity (Wildman–Crippen MR) is 104 cm³/mol. The molecule has 4 nitrogen and oxygen atoms in total. The SMILES string of the molecule is CCC(C)CCC(=O)c1ccc(CCOc2cccc(OC(C)(F)F)c2)cn1. The summed E-state index contributed by atoms with van der Waals surface area (Å²) in [5.41, 5.74) is 1.42. The third-order valence-electron chi connectivity index (χ3n) is 4.43. The summed E-state index contributed by atoms with van der Waals surface area (Å²) in [5.74, 6) is 1.10. The minimum Gasteiger partial charge on any atom is -0.493 e. The molecule has 2 rings (SSSR count). The van der Waals surface area contributed by atoms with Gasteiger partial charge in [-0.1, -0.05) is 32.4 Å². The number of hydrogen-bond acceptors (Lipinski definition) is 4. The zero-order valence-electron chi connectivity index (χ0n) is 16.6. The van der Waals surface area contributed by atoms with Crippen molar-refractivity contribution in [2.75, 3.05) is 6.61 Å². The standard InChI is InChI=1S/C22H27F2NO3/c1-4-16(2)8-11-21(26)20-10-9-17(15-25-20)12-13-27-18-6-5-7-19(14-18)28-22(3,23)24/h5-7,9-10,14-16H,4,8,11-13H2,1-3H3. The molecule has 0 aliphatic carbocycles. The van der Waals surface area contributed by atoms with Crippen LogP contribution in [0.15, 0.2) is 42.6 Å². The van der Waals surface area contributed by atoms with Crippen molar-refractivity contribution in [1.29, 1.82) is 0 Å². The van der Waals surface area contributed by atoms with E-state index < -0.39 is 6.11 Å². The van der Waals surface area contributed by atoms with Gasteiger partial charge in [-0.15, -0.1) is 0 Å². The first-order chi connectivity index (χ1) is 13.3. The van der Waals surface area contributed by atoms with E-state index in [4.69, 9.17) is 4.74 Å². The Labute approximate surface area is 164 Å². The molecule has 0 N–H and O–H groups in total. The molecule has 2 aromatic rings. The molecule has 1 unspecified atom stereocenters. The molecule has 1 atom stereocenters. The Kier molecular flexibility index (Phi) is 7.91. The van der Waals surface area contributed by atoms with Gasteiger partial charge in [-0.2, -0.15) is 8.78 Å². The highest BCUT2D eigenvalue weighted by Gasteiger charge is 2.23. The van der Waals surface area contributed by atoms with Gasteiger partial charge in [0.15, 0.2) is 5.78 Å². The Morgan fingerprint density at radius 2 is 1.96 bits per heavy atom. The summed E-state index contributed by atoms with van der Waals surface area (Å²) in [4.78, 5) is 16.4. The minimum atomic E-state index is -3.24. The molecule has 6 heteroatoms. The molecular formula is C22H27F2NO3. The van der Waals surface area contributed by atoms with E-state index >= 15 is 0 Å². The van der Waals surface area contributed by atoms with Crippen molar-refractivity contribution in [2.45, 2.75) is 52.6 Å². The highest BCUT2D eigenvalue weighted by molar-refractivity contribution is 5.94. The van der Waals surface area contributed by atoms with Gasteiger partial charge in [0.05, 0.1) is 6.61 Å². The molecular weight excluding hydrogens is 364 g/mol. The smallest absolute Gasteiger partial charge is 0.394 e. The van der Waals surface area contributed by atoms with Crippen LogP contribution in [0.25, 0.3) is 0 Å². The Morgan fingerprint density at radius 1 is 1.21 bits per heavy atom. The average molecular weight is 391 g/mol. The zero-order chi connectivity index (χ0) is 20.6. The molecule has 0 saturated heterocycles. The third kappa shape index (κ3) is 7.62. The largest absolute Gasteiger partial charge is 0.493 e. The first-order valence-corrected chi connectivity index (χ1v) is 9.54. The van der Waals surface area contributed by atoms with Gasteiger partial charge in [0.2, 0.25) is 0 Å². The topological polar surface area (TPSA) is 48.4 Å².